The van der Waals surface area contributed by atoms with Crippen molar-refractivity contribution >= 4 is 18.6 Å². The van der Waals surface area contributed by atoms with E-state index in [1.165, 1.54) is 0 Å². The molecule has 0 radical (unpaired) electrons. The lowest BCUT2D eigenvalue weighted by atomic mass is 10.5. The molecule has 5 heteroatoms. The predicted molar refractivity (Wildman–Crippen MR) is 59.1 cm³/mol. The monoisotopic (exact) mass is 218 g/mol. The third-order valence-electron chi connectivity index (χ3n) is 1.56. The minimum absolute atomic E-state index is 0.331. The number of hydrogen-bond acceptors (Lipinski definition) is 3. The van der Waals surface area contributed by atoms with Gasteiger partial charge in [0.1, 0.15) is 0 Å². The van der Waals surface area contributed by atoms with Crippen molar-refractivity contribution in [1.82, 2.24) is 0 Å². The molecule has 0 rings (SSSR count). The number of rotatable bonds is 8. The van der Waals surface area contributed by atoms with Crippen LogP contribution in [0.25, 0.3) is 0 Å². The zero-order chi connectivity index (χ0) is 10.2. The van der Waals surface area contributed by atoms with Gasteiger partial charge in [0, 0.05) is 6.04 Å². The Morgan fingerprint density at radius 1 is 1.23 bits per heavy atom. The van der Waals surface area contributed by atoms with E-state index in [9.17, 15) is 9.59 Å². The van der Waals surface area contributed by atoms with E-state index < -0.39 is 18.6 Å². The second-order valence-corrected chi connectivity index (χ2v) is 7.11. The summed E-state index contributed by atoms with van der Waals surface area (Å²) >= 11 is 0. The van der Waals surface area contributed by atoms with Crippen LogP contribution in [0, 0.1) is 0 Å². The van der Waals surface area contributed by atoms with Crippen LogP contribution in [0.2, 0.25) is 12.1 Å². The Balaban J connectivity index is 3.49. The lowest BCUT2D eigenvalue weighted by Crippen LogP contribution is -2.39. The van der Waals surface area contributed by atoms with Crippen LogP contribution < -0.4 is 0 Å². The van der Waals surface area contributed by atoms with E-state index in [-0.39, 0.29) is 0 Å². The SMILES string of the molecule is C=CCC[SiH2]O[Si](O)(O)CCC=C. The fraction of sp³-hybridized carbons (Fsp3) is 0.500. The Morgan fingerprint density at radius 3 is 2.38 bits per heavy atom. The molecule has 0 saturated heterocycles. The average molecular weight is 218 g/mol. The summed E-state index contributed by atoms with van der Waals surface area (Å²) in [6.45, 7) is 7.10. The topological polar surface area (TPSA) is 49.7 Å². The molecule has 0 aliphatic rings. The van der Waals surface area contributed by atoms with Crippen molar-refractivity contribution in [3.8, 4) is 0 Å². The van der Waals surface area contributed by atoms with Crippen LogP contribution in [0.1, 0.15) is 12.8 Å². The Kier molecular flexibility index (Phi) is 7.11. The second kappa shape index (κ2) is 7.22. The molecule has 0 saturated carbocycles. The van der Waals surface area contributed by atoms with Crippen LogP contribution in [0.15, 0.2) is 25.3 Å². The quantitative estimate of drug-likeness (QED) is 0.356. The summed E-state index contributed by atoms with van der Waals surface area (Å²) in [5.41, 5.74) is 0. The fourth-order valence-corrected chi connectivity index (χ4v) is 4.32. The summed E-state index contributed by atoms with van der Waals surface area (Å²) in [4.78, 5) is 18.8. The van der Waals surface area contributed by atoms with Gasteiger partial charge in [-0.2, -0.15) is 0 Å². The van der Waals surface area contributed by atoms with Gasteiger partial charge >= 0.3 is 8.80 Å². The Bertz CT molecular complexity index is 159. The van der Waals surface area contributed by atoms with Crippen LogP contribution in [0.5, 0.6) is 0 Å². The van der Waals surface area contributed by atoms with Crippen molar-refractivity contribution in [2.24, 2.45) is 0 Å². The molecule has 0 unspecified atom stereocenters. The van der Waals surface area contributed by atoms with E-state index in [4.69, 9.17) is 4.12 Å². The highest BCUT2D eigenvalue weighted by atomic mass is 28.4. The highest BCUT2D eigenvalue weighted by molar-refractivity contribution is 6.63. The molecule has 13 heavy (non-hydrogen) atoms. The van der Waals surface area contributed by atoms with Crippen molar-refractivity contribution in [1.29, 1.82) is 0 Å². The molecule has 0 amide bonds. The molecule has 0 bridgehead atoms. The lowest BCUT2D eigenvalue weighted by molar-refractivity contribution is 0.244. The minimum Gasteiger partial charge on any atom is -0.421 e. The van der Waals surface area contributed by atoms with Gasteiger partial charge in [-0.3, -0.25) is 0 Å². The van der Waals surface area contributed by atoms with E-state index in [1.54, 1.807) is 6.08 Å². The van der Waals surface area contributed by atoms with Crippen molar-refractivity contribution in [2.45, 2.75) is 24.9 Å². The largest absolute Gasteiger partial charge is 0.484 e. The molecule has 0 aromatic heterocycles. The van der Waals surface area contributed by atoms with Crippen LogP contribution in [-0.4, -0.2) is 28.2 Å². The first-order valence-electron chi connectivity index (χ1n) is 4.43. The molecule has 0 aromatic rings. The van der Waals surface area contributed by atoms with Gasteiger partial charge in [-0.25, -0.2) is 0 Å². The first-order valence-corrected chi connectivity index (χ1v) is 8.01. The number of allylic oxidation sites excluding steroid dienone is 2. The maximum absolute atomic E-state index is 9.38. The third-order valence-corrected chi connectivity index (χ3v) is 5.86. The van der Waals surface area contributed by atoms with Crippen molar-refractivity contribution < 1.29 is 13.7 Å². The lowest BCUT2D eigenvalue weighted by Gasteiger charge is -2.16. The summed E-state index contributed by atoms with van der Waals surface area (Å²) in [5, 5.41) is 0. The van der Waals surface area contributed by atoms with Crippen LogP contribution >= 0.6 is 0 Å². The smallest absolute Gasteiger partial charge is 0.421 e. The zero-order valence-corrected chi connectivity index (χ0v) is 10.3. The first kappa shape index (κ1) is 12.8. The Morgan fingerprint density at radius 2 is 1.85 bits per heavy atom. The highest BCUT2D eigenvalue weighted by Gasteiger charge is 2.29. The van der Waals surface area contributed by atoms with Gasteiger partial charge in [0.05, 0.1) is 0 Å². The molecule has 76 valence electrons. The summed E-state index contributed by atoms with van der Waals surface area (Å²) < 4.78 is 5.13. The van der Waals surface area contributed by atoms with E-state index in [1.807, 2.05) is 6.08 Å². The summed E-state index contributed by atoms with van der Waals surface area (Å²) in [6, 6.07) is 1.26. The maximum Gasteiger partial charge on any atom is 0.484 e. The molecule has 2 N–H and O–H groups in total. The second-order valence-electron chi connectivity index (χ2n) is 2.85. The van der Waals surface area contributed by atoms with E-state index in [0.29, 0.717) is 12.5 Å². The first-order chi connectivity index (χ1) is 6.12. The Labute approximate surface area is 83.1 Å². The molecule has 0 aliphatic heterocycles. The summed E-state index contributed by atoms with van der Waals surface area (Å²) in [5.74, 6) is 0. The van der Waals surface area contributed by atoms with Crippen molar-refractivity contribution in [3.05, 3.63) is 25.3 Å². The molecule has 0 heterocycles. The van der Waals surface area contributed by atoms with E-state index >= 15 is 0 Å². The van der Waals surface area contributed by atoms with Gasteiger partial charge in [-0.15, -0.1) is 13.2 Å². The van der Waals surface area contributed by atoms with Crippen LogP contribution in [0.4, 0.5) is 0 Å². The molecular formula is C8H18O3Si2. The molecule has 0 aromatic carbocycles. The standard InChI is InChI=1S/C8H18O3Si2/c1-3-5-7-12-11-13(9,10)8-6-4-2/h3-4,9-10H,1-2,5-8,12H2. The Hall–Kier alpha value is -0.206. The molecule has 3 nitrogen and oxygen atoms in total. The predicted octanol–water partition coefficient (Wildman–Crippen LogP) is 0.581. The summed E-state index contributed by atoms with van der Waals surface area (Å²) in [6.07, 6.45) is 4.99. The third kappa shape index (κ3) is 8.13. The van der Waals surface area contributed by atoms with Gasteiger partial charge in [-0.1, -0.05) is 12.2 Å². The van der Waals surface area contributed by atoms with E-state index in [2.05, 4.69) is 13.2 Å². The van der Waals surface area contributed by atoms with Gasteiger partial charge in [0.2, 0.25) is 0 Å². The van der Waals surface area contributed by atoms with Gasteiger partial charge in [0.15, 0.2) is 9.76 Å². The fourth-order valence-electron chi connectivity index (χ4n) is 0.826. The molecular weight excluding hydrogens is 200 g/mol. The average Bonchev–Trinajstić information content (AvgIpc) is 2.09. The van der Waals surface area contributed by atoms with E-state index in [0.717, 1.165) is 12.5 Å². The minimum atomic E-state index is -3.32. The highest BCUT2D eigenvalue weighted by Crippen LogP contribution is 2.07. The molecule has 0 spiro atoms. The van der Waals surface area contributed by atoms with Crippen molar-refractivity contribution in [2.75, 3.05) is 0 Å². The van der Waals surface area contributed by atoms with Crippen molar-refractivity contribution in [3.63, 3.8) is 0 Å². The van der Waals surface area contributed by atoms with Crippen LogP contribution in [0.3, 0.4) is 0 Å². The van der Waals surface area contributed by atoms with Crippen LogP contribution in [-0.2, 0) is 4.12 Å². The summed E-state index contributed by atoms with van der Waals surface area (Å²) in [7, 11) is -4.09. The normalized spacial score (nSPS) is 12.2. The molecule has 0 fully saturated rings. The van der Waals surface area contributed by atoms with Gasteiger partial charge in [0.25, 0.3) is 0 Å². The maximum atomic E-state index is 9.38. The van der Waals surface area contributed by atoms with Gasteiger partial charge < -0.3 is 13.7 Å². The zero-order valence-electron chi connectivity index (χ0n) is 7.91. The number of hydrogen-bond donors (Lipinski definition) is 2. The molecule has 0 atom stereocenters. The van der Waals surface area contributed by atoms with Gasteiger partial charge in [-0.05, 0) is 18.9 Å². The molecule has 0 aliphatic carbocycles.